The van der Waals surface area contributed by atoms with Crippen LogP contribution in [-0.4, -0.2) is 56.0 Å². The maximum Gasteiger partial charge on any atom is 0.316 e. The molecule has 14 heteroatoms. The number of nitrogens with one attached hydrogen (secondary N) is 1. The molecule has 1 aliphatic rings. The van der Waals surface area contributed by atoms with E-state index in [0.29, 0.717) is 9.36 Å². The van der Waals surface area contributed by atoms with Crippen LogP contribution in [0.3, 0.4) is 0 Å². The number of rotatable bonds is 7. The van der Waals surface area contributed by atoms with Gasteiger partial charge in [-0.25, -0.2) is 8.42 Å². The molecule has 3 aromatic rings. The van der Waals surface area contributed by atoms with Gasteiger partial charge in [0.05, 0.1) is 30.0 Å². The normalized spacial score (nSPS) is 15.2. The van der Waals surface area contributed by atoms with Crippen LogP contribution in [-0.2, 0) is 24.3 Å². The molecule has 2 heterocycles. The van der Waals surface area contributed by atoms with E-state index < -0.39 is 28.0 Å². The Morgan fingerprint density at radius 1 is 1.26 bits per heavy atom. The number of ether oxygens (including phenoxy) is 2. The van der Waals surface area contributed by atoms with Gasteiger partial charge in [-0.05, 0) is 30.3 Å². The number of hydrogen-bond acceptors (Lipinski definition) is 10. The SMILES string of the molecule is COC(=O)CSc1nnc(NC(=O)[C@@H]2CN(S(=O)(=O)c3ccccc3)c3cc(Cl)ccc3O2)s1. The Bertz CT molecular complexity index is 1320. The van der Waals surface area contributed by atoms with Crippen molar-refractivity contribution in [2.45, 2.75) is 15.3 Å². The molecule has 0 saturated carbocycles. The van der Waals surface area contributed by atoms with Crippen LogP contribution in [0.25, 0.3) is 0 Å². The number of esters is 1. The Morgan fingerprint density at radius 3 is 2.76 bits per heavy atom. The van der Waals surface area contributed by atoms with Crippen LogP contribution in [0.15, 0.2) is 57.8 Å². The first-order valence-corrected chi connectivity index (χ1v) is 13.3. The van der Waals surface area contributed by atoms with Gasteiger partial charge in [0, 0.05) is 5.02 Å². The fourth-order valence-corrected chi connectivity index (χ4v) is 6.23. The summed E-state index contributed by atoms with van der Waals surface area (Å²) in [5.41, 5.74) is 0.234. The number of sulfonamides is 1. The van der Waals surface area contributed by atoms with E-state index in [9.17, 15) is 18.0 Å². The average Bonchev–Trinajstić information content (AvgIpc) is 3.29. The van der Waals surface area contributed by atoms with Crippen LogP contribution in [0.5, 0.6) is 5.75 Å². The van der Waals surface area contributed by atoms with Crippen molar-refractivity contribution in [2.24, 2.45) is 0 Å². The smallest absolute Gasteiger partial charge is 0.316 e. The largest absolute Gasteiger partial charge is 0.476 e. The van der Waals surface area contributed by atoms with E-state index in [0.717, 1.165) is 27.4 Å². The molecule has 178 valence electrons. The first kappa shape index (κ1) is 24.3. The minimum Gasteiger partial charge on any atom is -0.476 e. The maximum atomic E-state index is 13.4. The van der Waals surface area contributed by atoms with E-state index in [4.69, 9.17) is 16.3 Å². The van der Waals surface area contributed by atoms with Gasteiger partial charge in [-0.2, -0.15) is 0 Å². The van der Waals surface area contributed by atoms with Gasteiger partial charge >= 0.3 is 5.97 Å². The number of carbonyl (C=O) groups excluding carboxylic acids is 2. The van der Waals surface area contributed by atoms with Gasteiger partial charge in [0.15, 0.2) is 10.4 Å². The van der Waals surface area contributed by atoms with Crippen LogP contribution in [0.2, 0.25) is 5.02 Å². The van der Waals surface area contributed by atoms with Crippen molar-refractivity contribution in [3.63, 3.8) is 0 Å². The lowest BCUT2D eigenvalue weighted by Crippen LogP contribution is -2.48. The molecule has 1 aromatic heterocycles. The third kappa shape index (κ3) is 5.27. The van der Waals surface area contributed by atoms with Gasteiger partial charge in [-0.1, -0.05) is 52.9 Å². The summed E-state index contributed by atoms with van der Waals surface area (Å²) in [7, 11) is -2.72. The highest BCUT2D eigenvalue weighted by Gasteiger charge is 2.38. The van der Waals surface area contributed by atoms with E-state index in [1.807, 2.05) is 0 Å². The van der Waals surface area contributed by atoms with Gasteiger partial charge in [-0.3, -0.25) is 19.2 Å². The van der Waals surface area contributed by atoms with Gasteiger partial charge in [0.2, 0.25) is 5.13 Å². The second kappa shape index (κ2) is 10.2. The fraction of sp³-hybridized carbons (Fsp3) is 0.200. The lowest BCUT2D eigenvalue weighted by atomic mass is 10.2. The summed E-state index contributed by atoms with van der Waals surface area (Å²) in [5.74, 6) is -0.771. The van der Waals surface area contributed by atoms with E-state index in [2.05, 4.69) is 20.3 Å². The van der Waals surface area contributed by atoms with Crippen LogP contribution < -0.4 is 14.4 Å². The molecule has 0 radical (unpaired) electrons. The molecule has 1 atom stereocenters. The Morgan fingerprint density at radius 2 is 2.03 bits per heavy atom. The van der Waals surface area contributed by atoms with Crippen LogP contribution in [0.4, 0.5) is 10.8 Å². The van der Waals surface area contributed by atoms with Crippen LogP contribution >= 0.6 is 34.7 Å². The number of nitrogens with zero attached hydrogens (tertiary/aromatic N) is 3. The molecule has 0 fully saturated rings. The molecule has 1 aliphatic heterocycles. The van der Waals surface area contributed by atoms with E-state index >= 15 is 0 Å². The number of methoxy groups -OCH3 is 1. The van der Waals surface area contributed by atoms with Crippen molar-refractivity contribution in [1.82, 2.24) is 10.2 Å². The summed E-state index contributed by atoms with van der Waals surface area (Å²) in [6.45, 7) is -0.279. The predicted octanol–water partition coefficient (Wildman–Crippen LogP) is 3.05. The molecule has 0 aliphatic carbocycles. The Labute approximate surface area is 208 Å². The highest BCUT2D eigenvalue weighted by molar-refractivity contribution is 8.01. The van der Waals surface area contributed by atoms with Crippen molar-refractivity contribution >= 4 is 67.4 Å². The molecule has 0 bridgehead atoms. The van der Waals surface area contributed by atoms with Crippen LogP contribution in [0, 0.1) is 0 Å². The second-order valence-corrected chi connectivity index (χ2v) is 11.3. The molecule has 1 amide bonds. The molecule has 2 aromatic carbocycles. The first-order valence-electron chi connectivity index (χ1n) is 9.66. The topological polar surface area (TPSA) is 128 Å². The number of halogens is 1. The van der Waals surface area contributed by atoms with Crippen LogP contribution in [0.1, 0.15) is 0 Å². The highest BCUT2D eigenvalue weighted by atomic mass is 35.5. The molecular weight excluding hydrogens is 524 g/mol. The summed E-state index contributed by atoms with van der Waals surface area (Å²) >= 11 is 8.28. The number of carbonyl (C=O) groups is 2. The Kier molecular flexibility index (Phi) is 7.26. The van der Waals surface area contributed by atoms with Gasteiger partial charge in [-0.15, -0.1) is 10.2 Å². The Balaban J connectivity index is 1.56. The maximum absolute atomic E-state index is 13.4. The molecule has 1 N–H and O–H groups in total. The summed E-state index contributed by atoms with van der Waals surface area (Å²) in [4.78, 5) is 24.3. The van der Waals surface area contributed by atoms with Crippen molar-refractivity contribution in [3.8, 4) is 5.75 Å². The summed E-state index contributed by atoms with van der Waals surface area (Å²) in [5, 5.41) is 10.9. The average molecular weight is 541 g/mol. The highest BCUT2D eigenvalue weighted by Crippen LogP contribution is 2.39. The zero-order chi connectivity index (χ0) is 24.3. The van der Waals surface area contributed by atoms with Gasteiger partial charge < -0.3 is 9.47 Å². The number of hydrogen-bond donors (Lipinski definition) is 1. The van der Waals surface area contributed by atoms with Gasteiger partial charge in [0.1, 0.15) is 5.75 Å². The number of aromatic nitrogens is 2. The summed E-state index contributed by atoms with van der Waals surface area (Å²) in [6, 6.07) is 12.4. The monoisotopic (exact) mass is 540 g/mol. The standard InChI is InChI=1S/C20H17ClN4O6S3/c1-30-17(26)11-32-20-24-23-19(33-20)22-18(27)16-10-25(14-9-12(21)7-8-15(14)31-16)34(28,29)13-5-3-2-4-6-13/h2-9,16H,10-11H2,1H3,(H,22,23,27)/t16-/m0/s1. The van der Waals surface area contributed by atoms with Crippen molar-refractivity contribution in [2.75, 3.05) is 29.0 Å². The lowest BCUT2D eigenvalue weighted by Gasteiger charge is -2.34. The number of amides is 1. The lowest BCUT2D eigenvalue weighted by molar-refractivity contribution is -0.137. The molecule has 4 rings (SSSR count). The summed E-state index contributed by atoms with van der Waals surface area (Å²) < 4.78 is 38.7. The van der Waals surface area contributed by atoms with Crippen molar-refractivity contribution in [1.29, 1.82) is 0 Å². The predicted molar refractivity (Wildman–Crippen MR) is 128 cm³/mol. The minimum atomic E-state index is -4.00. The number of anilines is 2. The summed E-state index contributed by atoms with van der Waals surface area (Å²) in [6.07, 6.45) is -1.16. The number of benzene rings is 2. The zero-order valence-corrected chi connectivity index (χ0v) is 20.7. The quantitative estimate of drug-likeness (QED) is 0.273. The molecule has 0 saturated heterocycles. The van der Waals surface area contributed by atoms with E-state index in [-0.39, 0.29) is 33.8 Å². The third-order valence-electron chi connectivity index (χ3n) is 4.59. The second-order valence-electron chi connectivity index (χ2n) is 6.79. The number of thioether (sulfide) groups is 1. The van der Waals surface area contributed by atoms with Crippen molar-refractivity contribution < 1.29 is 27.5 Å². The van der Waals surface area contributed by atoms with Crippen molar-refractivity contribution in [3.05, 3.63) is 53.6 Å². The first-order chi connectivity index (χ1) is 16.3. The van der Waals surface area contributed by atoms with Gasteiger partial charge in [0.25, 0.3) is 15.9 Å². The third-order valence-corrected chi connectivity index (χ3v) is 8.57. The molecule has 0 spiro atoms. The Hall–Kier alpha value is -2.87. The van der Waals surface area contributed by atoms with E-state index in [1.54, 1.807) is 24.3 Å². The minimum absolute atomic E-state index is 0.0520. The zero-order valence-electron chi connectivity index (χ0n) is 17.5. The molecule has 0 unspecified atom stereocenters. The molecule has 10 nitrogen and oxygen atoms in total. The van der Waals surface area contributed by atoms with E-state index in [1.165, 1.54) is 31.4 Å². The number of fused-ring (bicyclic) bond motifs is 1. The molecule has 34 heavy (non-hydrogen) atoms. The molecular formula is C20H17ClN4O6S3. The fourth-order valence-electron chi connectivity index (χ4n) is 2.99.